The molecule has 0 aliphatic carbocycles. The van der Waals surface area contributed by atoms with Crippen LogP contribution in [0.3, 0.4) is 0 Å². The molecule has 9 rings (SSSR count). The number of rotatable bonds is 7. The van der Waals surface area contributed by atoms with Gasteiger partial charge in [-0.15, -0.1) is 0 Å². The van der Waals surface area contributed by atoms with Gasteiger partial charge in [0.05, 0.1) is 16.7 Å². The Labute approximate surface area is 314 Å². The molecule has 2 heterocycles. The number of amidine groups is 1. The Morgan fingerprint density at radius 1 is 0.593 bits per heavy atom. The maximum absolute atomic E-state index is 6.53. The molecule has 0 saturated carbocycles. The molecular formula is C50H37N3O. The number of benzene rings is 7. The zero-order valence-electron chi connectivity index (χ0n) is 30.2. The number of hydrogen-bond acceptors (Lipinski definition) is 2. The summed E-state index contributed by atoms with van der Waals surface area (Å²) in [7, 11) is 0. The summed E-state index contributed by atoms with van der Waals surface area (Å²) in [6.45, 7) is 8.12. The molecule has 9 aromatic rings. The van der Waals surface area contributed by atoms with Gasteiger partial charge in [0, 0.05) is 49.6 Å². The molecule has 0 atom stereocenters. The average molecular weight is 696 g/mol. The molecule has 54 heavy (non-hydrogen) atoms. The Kier molecular flexibility index (Phi) is 8.41. The lowest BCUT2D eigenvalue weighted by Gasteiger charge is -2.10. The van der Waals surface area contributed by atoms with Gasteiger partial charge < -0.3 is 8.98 Å². The molecule has 0 fully saturated rings. The Balaban J connectivity index is 1.20. The highest BCUT2D eigenvalue weighted by molar-refractivity contribution is 6.22. The number of hydrogen-bond donors (Lipinski definition) is 0. The van der Waals surface area contributed by atoms with Gasteiger partial charge in [0.1, 0.15) is 11.2 Å². The molecule has 258 valence electrons. The van der Waals surface area contributed by atoms with E-state index in [2.05, 4.69) is 140 Å². The predicted octanol–water partition coefficient (Wildman–Crippen LogP) is 13.1. The Morgan fingerprint density at radius 3 is 1.96 bits per heavy atom. The summed E-state index contributed by atoms with van der Waals surface area (Å²) in [5.41, 5.74) is 13.1. The van der Waals surface area contributed by atoms with Crippen molar-refractivity contribution < 1.29 is 4.42 Å². The summed E-state index contributed by atoms with van der Waals surface area (Å²) in [6.07, 6.45) is 3.69. The molecule has 0 N–H and O–H groups in total. The highest BCUT2D eigenvalue weighted by Gasteiger charge is 2.18. The summed E-state index contributed by atoms with van der Waals surface area (Å²) in [4.78, 5) is 10.4. The van der Waals surface area contributed by atoms with Crippen LogP contribution in [0.5, 0.6) is 0 Å². The number of aryl methyl sites for hydroxylation is 1. The SMILES string of the molecule is C=C/C=C(/N=C(N=C(C)c1cc(C)cc2oc3ccc(-c4ccc5c(c4)c4ccccc4n5-c4ccccc4)cc3c12)c1ccccc1)c1ccccc1. The van der Waals surface area contributed by atoms with Crippen LogP contribution in [-0.4, -0.2) is 16.1 Å². The molecule has 0 aliphatic heterocycles. The number of para-hydroxylation sites is 2. The standard InChI is InChI=1S/C50H37N3O/c1-4-16-44(35-17-8-5-9-18-35)52-50(36-19-10-6-11-20-36)51-34(3)41-29-33(2)30-48-49(41)43-32-38(26-28-47(43)54-48)37-25-27-46-42(31-37)40-23-14-15-24-45(40)53(46)39-21-12-7-13-22-39/h4-32H,1H2,2-3H3/b44-16+,51-34?,52-50?. The van der Waals surface area contributed by atoms with E-state index in [1.165, 1.54) is 21.8 Å². The van der Waals surface area contributed by atoms with Gasteiger partial charge in [0.25, 0.3) is 0 Å². The predicted molar refractivity (Wildman–Crippen MR) is 228 cm³/mol. The first kappa shape index (κ1) is 32.8. The maximum Gasteiger partial charge on any atom is 0.160 e. The average Bonchev–Trinajstić information content (AvgIpc) is 3.75. The molecule has 0 amide bonds. The van der Waals surface area contributed by atoms with Crippen LogP contribution in [-0.2, 0) is 0 Å². The van der Waals surface area contributed by atoms with Crippen molar-refractivity contribution >= 4 is 61.0 Å². The second kappa shape index (κ2) is 13.8. The van der Waals surface area contributed by atoms with Crippen LogP contribution >= 0.6 is 0 Å². The number of furan rings is 1. The third kappa shape index (κ3) is 5.94. The fourth-order valence-electron chi connectivity index (χ4n) is 7.51. The van der Waals surface area contributed by atoms with E-state index in [9.17, 15) is 0 Å². The molecule has 4 nitrogen and oxygen atoms in total. The zero-order valence-corrected chi connectivity index (χ0v) is 30.2. The topological polar surface area (TPSA) is 42.8 Å². The summed E-state index contributed by atoms with van der Waals surface area (Å²) in [5, 5.41) is 4.54. The fraction of sp³-hybridized carbons (Fsp3) is 0.0400. The number of allylic oxidation sites excluding steroid dienone is 2. The molecule has 0 spiro atoms. The molecule has 0 saturated heterocycles. The first-order chi connectivity index (χ1) is 26.6. The van der Waals surface area contributed by atoms with Crippen molar-refractivity contribution in [3.8, 4) is 16.8 Å². The van der Waals surface area contributed by atoms with Crippen LogP contribution in [0.2, 0.25) is 0 Å². The van der Waals surface area contributed by atoms with E-state index in [0.717, 1.165) is 72.4 Å². The third-order valence-electron chi connectivity index (χ3n) is 10.0. The second-order valence-corrected chi connectivity index (χ2v) is 13.6. The number of fused-ring (bicyclic) bond motifs is 6. The van der Waals surface area contributed by atoms with E-state index in [4.69, 9.17) is 14.4 Å². The lowest BCUT2D eigenvalue weighted by Crippen LogP contribution is -2.05. The van der Waals surface area contributed by atoms with Crippen LogP contribution < -0.4 is 0 Å². The lowest BCUT2D eigenvalue weighted by molar-refractivity contribution is 0.668. The van der Waals surface area contributed by atoms with Crippen LogP contribution in [0, 0.1) is 6.92 Å². The molecule has 0 radical (unpaired) electrons. The molecule has 4 heteroatoms. The van der Waals surface area contributed by atoms with Gasteiger partial charge in [-0.1, -0.05) is 122 Å². The smallest absolute Gasteiger partial charge is 0.160 e. The van der Waals surface area contributed by atoms with E-state index in [1.54, 1.807) is 6.08 Å². The minimum Gasteiger partial charge on any atom is -0.456 e. The maximum atomic E-state index is 6.53. The highest BCUT2D eigenvalue weighted by Crippen LogP contribution is 2.38. The Bertz CT molecular complexity index is 2940. The minimum absolute atomic E-state index is 0.621. The van der Waals surface area contributed by atoms with Crippen molar-refractivity contribution in [3.05, 3.63) is 205 Å². The lowest BCUT2D eigenvalue weighted by atomic mass is 9.97. The quantitative estimate of drug-likeness (QED) is 0.0930. The first-order valence-corrected chi connectivity index (χ1v) is 18.2. The van der Waals surface area contributed by atoms with Crippen LogP contribution in [0.1, 0.15) is 29.2 Å². The van der Waals surface area contributed by atoms with Crippen LogP contribution in [0.4, 0.5) is 0 Å². The van der Waals surface area contributed by atoms with Crippen molar-refractivity contribution in [3.63, 3.8) is 0 Å². The van der Waals surface area contributed by atoms with Crippen molar-refractivity contribution in [1.29, 1.82) is 0 Å². The van der Waals surface area contributed by atoms with Gasteiger partial charge in [-0.25, -0.2) is 9.98 Å². The van der Waals surface area contributed by atoms with Crippen LogP contribution in [0.25, 0.3) is 66.3 Å². The van der Waals surface area contributed by atoms with E-state index in [1.807, 2.05) is 54.6 Å². The summed E-state index contributed by atoms with van der Waals surface area (Å²) >= 11 is 0. The molecule has 0 aliphatic rings. The van der Waals surface area contributed by atoms with Gasteiger partial charge >= 0.3 is 0 Å². The van der Waals surface area contributed by atoms with Crippen molar-refractivity contribution in [2.75, 3.05) is 0 Å². The van der Waals surface area contributed by atoms with E-state index >= 15 is 0 Å². The van der Waals surface area contributed by atoms with Crippen molar-refractivity contribution in [1.82, 2.24) is 4.57 Å². The van der Waals surface area contributed by atoms with E-state index in [-0.39, 0.29) is 0 Å². The van der Waals surface area contributed by atoms with Gasteiger partial charge in [0.15, 0.2) is 5.84 Å². The molecular weight excluding hydrogens is 659 g/mol. The summed E-state index contributed by atoms with van der Waals surface area (Å²) in [5.74, 6) is 0.621. The molecule has 7 aromatic carbocycles. The van der Waals surface area contributed by atoms with Crippen molar-refractivity contribution in [2.24, 2.45) is 9.98 Å². The Morgan fingerprint density at radius 2 is 1.22 bits per heavy atom. The van der Waals surface area contributed by atoms with Gasteiger partial charge in [0.2, 0.25) is 0 Å². The first-order valence-electron chi connectivity index (χ1n) is 18.2. The van der Waals surface area contributed by atoms with Crippen LogP contribution in [0.15, 0.2) is 197 Å². The molecule has 2 aromatic heterocycles. The van der Waals surface area contributed by atoms with Crippen molar-refractivity contribution in [2.45, 2.75) is 13.8 Å². The fourth-order valence-corrected chi connectivity index (χ4v) is 7.51. The number of aromatic nitrogens is 1. The van der Waals surface area contributed by atoms with Gasteiger partial charge in [-0.05, 0) is 91.2 Å². The Hall–Kier alpha value is -7.04. The monoisotopic (exact) mass is 695 g/mol. The molecule has 0 bridgehead atoms. The zero-order chi connectivity index (χ0) is 36.6. The highest BCUT2D eigenvalue weighted by atomic mass is 16.3. The summed E-state index contributed by atoms with van der Waals surface area (Å²) < 4.78 is 8.88. The van der Waals surface area contributed by atoms with E-state index < -0.39 is 0 Å². The molecule has 0 unspecified atom stereocenters. The second-order valence-electron chi connectivity index (χ2n) is 13.6. The largest absolute Gasteiger partial charge is 0.456 e. The third-order valence-corrected chi connectivity index (χ3v) is 10.0. The normalized spacial score (nSPS) is 12.7. The van der Waals surface area contributed by atoms with Gasteiger partial charge in [-0.2, -0.15) is 0 Å². The summed E-state index contributed by atoms with van der Waals surface area (Å²) in [6, 6.07) is 57.1. The number of aliphatic imine (C=N–C) groups is 2. The number of nitrogens with zero attached hydrogens (tertiary/aromatic N) is 3. The van der Waals surface area contributed by atoms with E-state index in [0.29, 0.717) is 5.84 Å². The minimum atomic E-state index is 0.621. The van der Waals surface area contributed by atoms with Gasteiger partial charge in [-0.3, -0.25) is 0 Å².